The lowest BCUT2D eigenvalue weighted by atomic mass is 10.1. The smallest absolute Gasteiger partial charge is 0.305 e. The Morgan fingerprint density at radius 1 is 0.885 bits per heavy atom. The van der Waals surface area contributed by atoms with E-state index in [2.05, 4.69) is 0 Å². The molecule has 2 aromatic carbocycles. The predicted octanol–water partition coefficient (Wildman–Crippen LogP) is 3.40. The molecule has 0 aliphatic rings. The molecule has 0 amide bonds. The van der Waals surface area contributed by atoms with E-state index in [1.54, 1.807) is 21.3 Å². The first kappa shape index (κ1) is 19.4. The normalized spacial score (nSPS) is 10.2. The molecule has 0 heterocycles. The second-order valence-corrected chi connectivity index (χ2v) is 5.51. The molecule has 0 unspecified atom stereocenters. The Kier molecular flexibility index (Phi) is 7.14. The minimum absolute atomic E-state index is 0.246. The summed E-state index contributed by atoms with van der Waals surface area (Å²) in [6, 6.07) is 11.3. The lowest BCUT2D eigenvalue weighted by Gasteiger charge is -2.15. The van der Waals surface area contributed by atoms with E-state index in [4.69, 9.17) is 23.7 Å². The maximum absolute atomic E-state index is 11.4. The lowest BCUT2D eigenvalue weighted by molar-refractivity contribution is -0.140. The number of carbonyl (C=O) groups excluding carboxylic acids is 1. The van der Waals surface area contributed by atoms with Crippen LogP contribution in [0.4, 0.5) is 0 Å². The van der Waals surface area contributed by atoms with Crippen LogP contribution in [-0.4, -0.2) is 34.4 Å². The molecule has 6 heteroatoms. The molecular weight excluding hydrogens is 336 g/mol. The third kappa shape index (κ3) is 4.81. The van der Waals surface area contributed by atoms with E-state index in [0.29, 0.717) is 36.7 Å². The monoisotopic (exact) mass is 360 g/mol. The second-order valence-electron chi connectivity index (χ2n) is 5.51. The largest absolute Gasteiger partial charge is 0.493 e. The molecule has 0 fully saturated rings. The third-order valence-corrected chi connectivity index (χ3v) is 3.92. The summed E-state index contributed by atoms with van der Waals surface area (Å²) in [5.41, 5.74) is 1.83. The number of para-hydroxylation sites is 1. The van der Waals surface area contributed by atoms with E-state index in [1.165, 1.54) is 7.11 Å². The minimum atomic E-state index is -0.246. The molecule has 0 bridgehead atoms. The summed E-state index contributed by atoms with van der Waals surface area (Å²) in [5, 5.41) is 0. The molecule has 0 N–H and O–H groups in total. The van der Waals surface area contributed by atoms with Crippen LogP contribution in [0.3, 0.4) is 0 Å². The fourth-order valence-corrected chi connectivity index (χ4v) is 2.57. The zero-order valence-corrected chi connectivity index (χ0v) is 15.5. The molecule has 0 radical (unpaired) electrons. The van der Waals surface area contributed by atoms with Gasteiger partial charge in [0.05, 0.1) is 28.4 Å². The Bertz CT molecular complexity index is 716. The summed E-state index contributed by atoms with van der Waals surface area (Å²) in [7, 11) is 6.09. The van der Waals surface area contributed by atoms with Crippen LogP contribution in [0.5, 0.6) is 23.0 Å². The maximum Gasteiger partial charge on any atom is 0.305 e. The molecule has 0 aliphatic carbocycles. The van der Waals surface area contributed by atoms with Gasteiger partial charge in [0.25, 0.3) is 0 Å². The van der Waals surface area contributed by atoms with Gasteiger partial charge >= 0.3 is 5.97 Å². The number of esters is 1. The van der Waals surface area contributed by atoms with Crippen molar-refractivity contribution in [1.82, 2.24) is 0 Å². The van der Waals surface area contributed by atoms with Gasteiger partial charge in [0, 0.05) is 6.42 Å². The van der Waals surface area contributed by atoms with Crippen molar-refractivity contribution in [1.29, 1.82) is 0 Å². The van der Waals surface area contributed by atoms with Crippen LogP contribution in [0.15, 0.2) is 36.4 Å². The first-order valence-corrected chi connectivity index (χ1v) is 8.19. The topological polar surface area (TPSA) is 63.2 Å². The Balaban J connectivity index is 2.15. The first-order chi connectivity index (χ1) is 12.6. The standard InChI is InChI=1S/C20H24O6/c1-22-17-11-14(12-18(23-2)20(17)25-4)13-26-16-8-6-5-7-15(16)9-10-19(21)24-3/h5-8,11-12H,9-10,13H2,1-4H3. The van der Waals surface area contributed by atoms with Crippen LogP contribution < -0.4 is 18.9 Å². The molecule has 140 valence electrons. The number of aryl methyl sites for hydroxylation is 1. The average molecular weight is 360 g/mol. The highest BCUT2D eigenvalue weighted by atomic mass is 16.5. The third-order valence-electron chi connectivity index (χ3n) is 3.92. The van der Waals surface area contributed by atoms with E-state index < -0.39 is 0 Å². The van der Waals surface area contributed by atoms with Crippen molar-refractivity contribution in [2.75, 3.05) is 28.4 Å². The molecular formula is C20H24O6. The van der Waals surface area contributed by atoms with E-state index in [9.17, 15) is 4.79 Å². The van der Waals surface area contributed by atoms with Crippen molar-refractivity contribution in [3.05, 3.63) is 47.5 Å². The summed E-state index contributed by atoms with van der Waals surface area (Å²) in [4.78, 5) is 11.4. The van der Waals surface area contributed by atoms with Gasteiger partial charge in [0.2, 0.25) is 5.75 Å². The van der Waals surface area contributed by atoms with Crippen molar-refractivity contribution in [2.45, 2.75) is 19.4 Å². The van der Waals surface area contributed by atoms with Gasteiger partial charge in [-0.15, -0.1) is 0 Å². The molecule has 0 atom stereocenters. The quantitative estimate of drug-likeness (QED) is 0.639. The number of ether oxygens (including phenoxy) is 5. The van der Waals surface area contributed by atoms with Gasteiger partial charge < -0.3 is 23.7 Å². The fourth-order valence-electron chi connectivity index (χ4n) is 2.57. The highest BCUT2D eigenvalue weighted by Gasteiger charge is 2.14. The van der Waals surface area contributed by atoms with Gasteiger partial charge in [-0.3, -0.25) is 4.79 Å². The highest BCUT2D eigenvalue weighted by molar-refractivity contribution is 5.69. The number of hydrogen-bond acceptors (Lipinski definition) is 6. The van der Waals surface area contributed by atoms with Crippen molar-refractivity contribution >= 4 is 5.97 Å². The minimum Gasteiger partial charge on any atom is -0.493 e. The summed E-state index contributed by atoms with van der Waals surface area (Å²) in [6.45, 7) is 0.325. The van der Waals surface area contributed by atoms with Crippen molar-refractivity contribution < 1.29 is 28.5 Å². The number of benzene rings is 2. The SMILES string of the molecule is COC(=O)CCc1ccccc1OCc1cc(OC)c(OC)c(OC)c1. The van der Waals surface area contributed by atoms with Crippen molar-refractivity contribution in [2.24, 2.45) is 0 Å². The summed E-state index contributed by atoms with van der Waals surface area (Å²) < 4.78 is 26.7. The van der Waals surface area contributed by atoms with E-state index in [1.807, 2.05) is 36.4 Å². The van der Waals surface area contributed by atoms with Gasteiger partial charge in [-0.1, -0.05) is 18.2 Å². The molecule has 2 aromatic rings. The Hall–Kier alpha value is -2.89. The summed E-state index contributed by atoms with van der Waals surface area (Å²) in [5.74, 6) is 2.17. The van der Waals surface area contributed by atoms with Crippen molar-refractivity contribution in [3.8, 4) is 23.0 Å². The maximum atomic E-state index is 11.4. The highest BCUT2D eigenvalue weighted by Crippen LogP contribution is 2.38. The first-order valence-electron chi connectivity index (χ1n) is 8.19. The zero-order valence-electron chi connectivity index (χ0n) is 15.5. The Labute approximate surface area is 153 Å². The Morgan fingerprint density at radius 3 is 2.12 bits per heavy atom. The van der Waals surface area contributed by atoms with Gasteiger partial charge in [0.1, 0.15) is 12.4 Å². The van der Waals surface area contributed by atoms with Crippen molar-refractivity contribution in [3.63, 3.8) is 0 Å². The fraction of sp³-hybridized carbons (Fsp3) is 0.350. The average Bonchev–Trinajstić information content (AvgIpc) is 2.69. The number of hydrogen-bond donors (Lipinski definition) is 0. The van der Waals surface area contributed by atoms with Crippen LogP contribution in [0.1, 0.15) is 17.5 Å². The van der Waals surface area contributed by atoms with Gasteiger partial charge in [-0.2, -0.15) is 0 Å². The molecule has 6 nitrogen and oxygen atoms in total. The molecule has 0 saturated carbocycles. The summed E-state index contributed by atoms with van der Waals surface area (Å²) >= 11 is 0. The zero-order chi connectivity index (χ0) is 18.9. The Morgan fingerprint density at radius 2 is 1.54 bits per heavy atom. The number of rotatable bonds is 9. The number of methoxy groups -OCH3 is 4. The lowest BCUT2D eigenvalue weighted by Crippen LogP contribution is -2.04. The summed E-state index contributed by atoms with van der Waals surface area (Å²) in [6.07, 6.45) is 0.860. The van der Waals surface area contributed by atoms with Crippen LogP contribution in [0.2, 0.25) is 0 Å². The van der Waals surface area contributed by atoms with Crippen LogP contribution >= 0.6 is 0 Å². The molecule has 0 saturated heterocycles. The van der Waals surface area contributed by atoms with Gasteiger partial charge in [0.15, 0.2) is 11.5 Å². The van der Waals surface area contributed by atoms with Gasteiger partial charge in [-0.05, 0) is 35.7 Å². The molecule has 0 spiro atoms. The molecule has 0 aromatic heterocycles. The van der Waals surface area contributed by atoms with E-state index >= 15 is 0 Å². The van der Waals surface area contributed by atoms with E-state index in [-0.39, 0.29) is 5.97 Å². The predicted molar refractivity (Wildman–Crippen MR) is 97.2 cm³/mol. The van der Waals surface area contributed by atoms with Crippen LogP contribution in [0.25, 0.3) is 0 Å². The van der Waals surface area contributed by atoms with E-state index in [0.717, 1.165) is 16.9 Å². The van der Waals surface area contributed by atoms with Crippen LogP contribution in [-0.2, 0) is 22.6 Å². The second kappa shape index (κ2) is 9.56. The molecule has 0 aliphatic heterocycles. The molecule has 2 rings (SSSR count). The molecule has 26 heavy (non-hydrogen) atoms. The van der Waals surface area contributed by atoms with Crippen LogP contribution in [0, 0.1) is 0 Å². The number of carbonyl (C=O) groups is 1. The van der Waals surface area contributed by atoms with Gasteiger partial charge in [-0.25, -0.2) is 0 Å².